The van der Waals surface area contributed by atoms with Crippen molar-refractivity contribution in [1.82, 2.24) is 4.90 Å². The zero-order chi connectivity index (χ0) is 21.3. The number of unbranched alkanes of at least 4 members (excludes halogenated alkanes) is 3. The highest BCUT2D eigenvalue weighted by atomic mass is 15.3. The molecule has 0 spiro atoms. The van der Waals surface area contributed by atoms with E-state index >= 15 is 0 Å². The number of hydrogen-bond donors (Lipinski definition) is 1. The molecular weight excluding hydrogens is 378 g/mol. The zero-order valence-corrected chi connectivity index (χ0v) is 19.2. The number of benzene rings is 2. The van der Waals surface area contributed by atoms with Gasteiger partial charge < -0.3 is 10.6 Å². The average molecular weight is 430 g/mol. The van der Waals surface area contributed by atoms with E-state index in [1.165, 1.54) is 42.5 Å². The van der Waals surface area contributed by atoms with Gasteiger partial charge in [-0.1, -0.05) is 117 Å². The van der Waals surface area contributed by atoms with Gasteiger partial charge in [0, 0.05) is 45.0 Å². The minimum Gasteiger partial charge on any atom is -0.369 e. The van der Waals surface area contributed by atoms with Gasteiger partial charge in [-0.15, -0.1) is 0 Å². The number of para-hydroxylation sites is 1. The van der Waals surface area contributed by atoms with Crippen molar-refractivity contribution in [3.8, 4) is 0 Å². The molecule has 3 rings (SSSR count). The minimum absolute atomic E-state index is 0. The summed E-state index contributed by atoms with van der Waals surface area (Å²) in [4.78, 5) is 4.99. The highest BCUT2D eigenvalue weighted by molar-refractivity contribution is 5.54. The zero-order valence-electron chi connectivity index (χ0n) is 19.2. The molecule has 178 valence electrons. The quantitative estimate of drug-likeness (QED) is 0.467. The Morgan fingerprint density at radius 2 is 1.26 bits per heavy atom. The Kier molecular flexibility index (Phi) is 20.3. The van der Waals surface area contributed by atoms with Crippen LogP contribution in [0.1, 0.15) is 79.4 Å². The summed E-state index contributed by atoms with van der Waals surface area (Å²) in [7, 11) is 0. The fourth-order valence-electron chi connectivity index (χ4n) is 3.48. The predicted molar refractivity (Wildman–Crippen MR) is 143 cm³/mol. The molecule has 1 saturated heterocycles. The summed E-state index contributed by atoms with van der Waals surface area (Å²) in [6, 6.07) is 19.2. The molecule has 1 aliphatic rings. The molecule has 1 aliphatic heterocycles. The molecule has 1 fully saturated rings. The Hall–Kier alpha value is -1.84. The Labute approximate surface area is 194 Å². The fraction of sp³-hybridized carbons (Fsp3) is 0.571. The Balaban J connectivity index is 0. The summed E-state index contributed by atoms with van der Waals surface area (Å²) in [5.41, 5.74) is 9.80. The van der Waals surface area contributed by atoms with Gasteiger partial charge >= 0.3 is 0 Å². The lowest BCUT2D eigenvalue weighted by molar-refractivity contribution is 0.250. The van der Waals surface area contributed by atoms with E-state index in [1.807, 2.05) is 13.8 Å². The summed E-state index contributed by atoms with van der Waals surface area (Å²) in [5.74, 6) is 0. The maximum atomic E-state index is 5.85. The molecule has 3 nitrogen and oxygen atoms in total. The van der Waals surface area contributed by atoms with Crippen LogP contribution < -0.4 is 10.6 Å². The maximum absolute atomic E-state index is 5.85. The minimum atomic E-state index is 0. The lowest BCUT2D eigenvalue weighted by Crippen LogP contribution is -2.46. The monoisotopic (exact) mass is 429 g/mol. The van der Waals surface area contributed by atoms with E-state index < -0.39 is 0 Å². The van der Waals surface area contributed by atoms with Crippen LogP contribution in [0.2, 0.25) is 0 Å². The number of rotatable bonds is 7. The average Bonchev–Trinajstić information content (AvgIpc) is 2.80. The van der Waals surface area contributed by atoms with E-state index in [9.17, 15) is 0 Å². The van der Waals surface area contributed by atoms with Gasteiger partial charge in [0.1, 0.15) is 0 Å². The SMILES string of the molecule is C.C.CC.CCCCCC.NCc1ccccc1N1CCN(Cc2ccccc2)CC1. The van der Waals surface area contributed by atoms with Crippen LogP contribution in [0.3, 0.4) is 0 Å². The molecular formula is C28H51N3. The van der Waals surface area contributed by atoms with Gasteiger partial charge in [0.15, 0.2) is 0 Å². The second-order valence-electron chi connectivity index (χ2n) is 7.29. The lowest BCUT2D eigenvalue weighted by atomic mass is 10.1. The van der Waals surface area contributed by atoms with E-state index in [4.69, 9.17) is 5.73 Å². The molecule has 1 heterocycles. The molecule has 0 aromatic heterocycles. The van der Waals surface area contributed by atoms with E-state index in [1.54, 1.807) is 0 Å². The highest BCUT2D eigenvalue weighted by Crippen LogP contribution is 2.21. The van der Waals surface area contributed by atoms with Crippen LogP contribution >= 0.6 is 0 Å². The van der Waals surface area contributed by atoms with Gasteiger partial charge in [0.2, 0.25) is 0 Å². The molecule has 0 aliphatic carbocycles. The molecule has 3 heteroatoms. The van der Waals surface area contributed by atoms with Gasteiger partial charge in [0.25, 0.3) is 0 Å². The number of nitrogens with zero attached hydrogens (tertiary/aromatic N) is 2. The molecule has 31 heavy (non-hydrogen) atoms. The smallest absolute Gasteiger partial charge is 0.0412 e. The van der Waals surface area contributed by atoms with Crippen molar-refractivity contribution in [3.63, 3.8) is 0 Å². The first-order valence-corrected chi connectivity index (χ1v) is 11.6. The molecule has 0 amide bonds. The highest BCUT2D eigenvalue weighted by Gasteiger charge is 2.18. The molecule has 0 atom stereocenters. The molecule has 0 radical (unpaired) electrons. The van der Waals surface area contributed by atoms with Crippen LogP contribution in [0, 0.1) is 0 Å². The standard InChI is InChI=1S/C18H23N3.C6H14.C2H6.2CH4/c19-14-17-8-4-5-9-18(17)21-12-10-20(11-13-21)15-16-6-2-1-3-7-16;1-3-5-6-4-2;1-2;;/h1-9H,10-15,19H2;3-6H2,1-2H3;1-2H3;2*1H4. The van der Waals surface area contributed by atoms with Crippen LogP contribution in [-0.4, -0.2) is 31.1 Å². The molecule has 2 N–H and O–H groups in total. The van der Waals surface area contributed by atoms with Crippen molar-refractivity contribution in [2.24, 2.45) is 5.73 Å². The number of hydrogen-bond acceptors (Lipinski definition) is 3. The summed E-state index contributed by atoms with van der Waals surface area (Å²) in [6.07, 6.45) is 5.54. The van der Waals surface area contributed by atoms with Crippen LogP contribution in [0.15, 0.2) is 54.6 Å². The molecule has 2 aromatic rings. The summed E-state index contributed by atoms with van der Waals surface area (Å²) < 4.78 is 0. The van der Waals surface area contributed by atoms with Gasteiger partial charge in [-0.2, -0.15) is 0 Å². The van der Waals surface area contributed by atoms with E-state index in [-0.39, 0.29) is 14.9 Å². The first kappa shape index (κ1) is 31.3. The molecule has 0 unspecified atom stereocenters. The van der Waals surface area contributed by atoms with Crippen molar-refractivity contribution in [2.45, 2.75) is 81.3 Å². The Morgan fingerprint density at radius 1 is 0.742 bits per heavy atom. The third-order valence-corrected chi connectivity index (χ3v) is 5.13. The van der Waals surface area contributed by atoms with Crippen molar-refractivity contribution < 1.29 is 0 Å². The van der Waals surface area contributed by atoms with E-state index in [2.05, 4.69) is 78.2 Å². The van der Waals surface area contributed by atoms with Crippen molar-refractivity contribution in [1.29, 1.82) is 0 Å². The second-order valence-corrected chi connectivity index (χ2v) is 7.29. The van der Waals surface area contributed by atoms with E-state index in [0.717, 1.165) is 32.7 Å². The largest absolute Gasteiger partial charge is 0.369 e. The summed E-state index contributed by atoms with van der Waals surface area (Å²) in [6.45, 7) is 14.5. The Morgan fingerprint density at radius 3 is 1.77 bits per heavy atom. The van der Waals surface area contributed by atoms with Crippen LogP contribution in [0.5, 0.6) is 0 Å². The first-order chi connectivity index (χ1) is 14.3. The second kappa shape index (κ2) is 20.1. The third kappa shape index (κ3) is 11.9. The Bertz CT molecular complexity index is 615. The third-order valence-electron chi connectivity index (χ3n) is 5.13. The number of anilines is 1. The lowest BCUT2D eigenvalue weighted by Gasteiger charge is -2.37. The molecule has 0 bridgehead atoms. The molecule has 2 aromatic carbocycles. The van der Waals surface area contributed by atoms with Crippen molar-refractivity contribution in [2.75, 3.05) is 31.1 Å². The van der Waals surface area contributed by atoms with Gasteiger partial charge in [-0.25, -0.2) is 0 Å². The fourth-order valence-corrected chi connectivity index (χ4v) is 3.48. The van der Waals surface area contributed by atoms with E-state index in [0.29, 0.717) is 6.54 Å². The topological polar surface area (TPSA) is 32.5 Å². The van der Waals surface area contributed by atoms with Crippen molar-refractivity contribution in [3.05, 3.63) is 65.7 Å². The predicted octanol–water partition coefficient (Wildman–Crippen LogP) is 7.35. The van der Waals surface area contributed by atoms with Crippen LogP contribution in [-0.2, 0) is 13.1 Å². The van der Waals surface area contributed by atoms with Crippen molar-refractivity contribution >= 4 is 5.69 Å². The van der Waals surface area contributed by atoms with Crippen LogP contribution in [0.25, 0.3) is 0 Å². The summed E-state index contributed by atoms with van der Waals surface area (Å²) >= 11 is 0. The first-order valence-electron chi connectivity index (χ1n) is 11.6. The van der Waals surface area contributed by atoms with Gasteiger partial charge in [-0.3, -0.25) is 4.90 Å². The van der Waals surface area contributed by atoms with Crippen LogP contribution in [0.4, 0.5) is 5.69 Å². The number of nitrogens with two attached hydrogens (primary N) is 1. The van der Waals surface area contributed by atoms with Gasteiger partial charge in [-0.05, 0) is 17.2 Å². The normalized spacial score (nSPS) is 12.9. The van der Waals surface area contributed by atoms with Gasteiger partial charge in [0.05, 0.1) is 0 Å². The molecule has 0 saturated carbocycles. The summed E-state index contributed by atoms with van der Waals surface area (Å²) in [5, 5.41) is 0. The number of piperazine rings is 1. The maximum Gasteiger partial charge on any atom is 0.0412 e.